The van der Waals surface area contributed by atoms with Crippen molar-refractivity contribution in [2.75, 3.05) is 19.8 Å². The standard InChI is InChI=1S/C9H16N4O2/c1-2-5-15-6-3-4-10-9(14)8-11-7-12-13-8/h7H,2-6H2,1H3,(H,10,14)(H,11,12,13). The Morgan fingerprint density at radius 1 is 1.60 bits per heavy atom. The molecule has 0 atom stereocenters. The van der Waals surface area contributed by atoms with Crippen LogP contribution in [-0.2, 0) is 4.74 Å². The zero-order chi connectivity index (χ0) is 10.9. The van der Waals surface area contributed by atoms with Gasteiger partial charge in [-0.25, -0.2) is 4.98 Å². The molecule has 0 radical (unpaired) electrons. The number of carbonyl (C=O) groups is 1. The van der Waals surface area contributed by atoms with Crippen molar-refractivity contribution in [3.63, 3.8) is 0 Å². The molecule has 84 valence electrons. The second kappa shape index (κ2) is 6.94. The van der Waals surface area contributed by atoms with E-state index in [1.165, 1.54) is 6.33 Å². The maximum atomic E-state index is 11.3. The van der Waals surface area contributed by atoms with Gasteiger partial charge >= 0.3 is 0 Å². The Morgan fingerprint density at radius 2 is 2.47 bits per heavy atom. The summed E-state index contributed by atoms with van der Waals surface area (Å²) in [5.74, 6) is 0.00691. The summed E-state index contributed by atoms with van der Waals surface area (Å²) in [6.45, 7) is 4.09. The van der Waals surface area contributed by atoms with Crippen LogP contribution < -0.4 is 5.32 Å². The first-order valence-corrected chi connectivity index (χ1v) is 5.06. The highest BCUT2D eigenvalue weighted by atomic mass is 16.5. The van der Waals surface area contributed by atoms with E-state index in [1.54, 1.807) is 0 Å². The number of ether oxygens (including phenoxy) is 1. The lowest BCUT2D eigenvalue weighted by atomic mass is 10.4. The van der Waals surface area contributed by atoms with Crippen molar-refractivity contribution in [3.8, 4) is 0 Å². The number of carbonyl (C=O) groups excluding carboxylic acids is 1. The molecule has 0 saturated carbocycles. The molecule has 1 aromatic rings. The molecule has 1 amide bonds. The maximum absolute atomic E-state index is 11.3. The molecular weight excluding hydrogens is 196 g/mol. The van der Waals surface area contributed by atoms with Crippen LogP contribution in [0.5, 0.6) is 0 Å². The number of hydrogen-bond acceptors (Lipinski definition) is 4. The van der Waals surface area contributed by atoms with Gasteiger partial charge in [0, 0.05) is 19.8 Å². The third-order valence-corrected chi connectivity index (χ3v) is 1.73. The molecule has 1 heterocycles. The summed E-state index contributed by atoms with van der Waals surface area (Å²) < 4.78 is 5.27. The summed E-state index contributed by atoms with van der Waals surface area (Å²) in [5, 5.41) is 8.79. The zero-order valence-electron chi connectivity index (χ0n) is 8.82. The lowest BCUT2D eigenvalue weighted by molar-refractivity contribution is 0.0931. The van der Waals surface area contributed by atoms with E-state index in [1.807, 2.05) is 0 Å². The van der Waals surface area contributed by atoms with Gasteiger partial charge in [0.15, 0.2) is 0 Å². The number of nitrogens with zero attached hydrogens (tertiary/aromatic N) is 2. The third kappa shape index (κ3) is 4.55. The fraction of sp³-hybridized carbons (Fsp3) is 0.667. The van der Waals surface area contributed by atoms with Gasteiger partial charge in [-0.15, -0.1) is 0 Å². The van der Waals surface area contributed by atoms with Crippen molar-refractivity contribution in [1.82, 2.24) is 20.5 Å². The van der Waals surface area contributed by atoms with Crippen LogP contribution in [0.4, 0.5) is 0 Å². The van der Waals surface area contributed by atoms with E-state index in [9.17, 15) is 4.79 Å². The van der Waals surface area contributed by atoms with E-state index >= 15 is 0 Å². The minimum Gasteiger partial charge on any atom is -0.381 e. The van der Waals surface area contributed by atoms with Crippen molar-refractivity contribution in [3.05, 3.63) is 12.2 Å². The number of aromatic amines is 1. The molecule has 0 aromatic carbocycles. The molecule has 0 aliphatic carbocycles. The molecule has 2 N–H and O–H groups in total. The van der Waals surface area contributed by atoms with Gasteiger partial charge in [-0.05, 0) is 12.8 Å². The van der Waals surface area contributed by atoms with Gasteiger partial charge in [0.25, 0.3) is 5.91 Å². The average molecular weight is 212 g/mol. The van der Waals surface area contributed by atoms with Gasteiger partial charge in [0.2, 0.25) is 5.82 Å². The van der Waals surface area contributed by atoms with Gasteiger partial charge in [-0.2, -0.15) is 5.10 Å². The fourth-order valence-corrected chi connectivity index (χ4v) is 1.02. The predicted molar refractivity (Wildman–Crippen MR) is 54.4 cm³/mol. The lowest BCUT2D eigenvalue weighted by Gasteiger charge is -2.03. The first-order valence-electron chi connectivity index (χ1n) is 5.06. The van der Waals surface area contributed by atoms with Crippen LogP contribution in [0, 0.1) is 0 Å². The molecule has 0 bridgehead atoms. The van der Waals surface area contributed by atoms with E-state index in [2.05, 4.69) is 27.4 Å². The Labute approximate surface area is 88.4 Å². The van der Waals surface area contributed by atoms with Gasteiger partial charge in [-0.1, -0.05) is 6.92 Å². The number of aromatic nitrogens is 3. The number of rotatable bonds is 7. The predicted octanol–water partition coefficient (Wildman–Crippen LogP) is 0.351. The molecule has 6 nitrogen and oxygen atoms in total. The number of H-pyrrole nitrogens is 1. The number of hydrogen-bond donors (Lipinski definition) is 2. The van der Waals surface area contributed by atoms with Gasteiger partial charge in [0.05, 0.1) is 0 Å². The summed E-state index contributed by atoms with van der Waals surface area (Å²) in [6.07, 6.45) is 3.13. The van der Waals surface area contributed by atoms with Crippen molar-refractivity contribution in [2.24, 2.45) is 0 Å². The molecular formula is C9H16N4O2. The third-order valence-electron chi connectivity index (χ3n) is 1.73. The first kappa shape index (κ1) is 11.6. The molecule has 0 aliphatic rings. The Kier molecular flexibility index (Phi) is 5.39. The number of nitrogens with one attached hydrogen (secondary N) is 2. The largest absolute Gasteiger partial charge is 0.381 e. The Bertz CT molecular complexity index is 274. The summed E-state index contributed by atoms with van der Waals surface area (Å²) in [7, 11) is 0. The molecule has 0 fully saturated rings. The normalized spacial score (nSPS) is 10.2. The van der Waals surface area contributed by atoms with Crippen molar-refractivity contribution in [1.29, 1.82) is 0 Å². The van der Waals surface area contributed by atoms with Crippen molar-refractivity contribution < 1.29 is 9.53 Å². The molecule has 1 rings (SSSR count). The molecule has 15 heavy (non-hydrogen) atoms. The smallest absolute Gasteiger partial charge is 0.288 e. The number of amides is 1. The van der Waals surface area contributed by atoms with E-state index in [-0.39, 0.29) is 11.7 Å². The highest BCUT2D eigenvalue weighted by Gasteiger charge is 2.06. The molecule has 6 heteroatoms. The molecule has 1 aromatic heterocycles. The van der Waals surface area contributed by atoms with Crippen molar-refractivity contribution >= 4 is 5.91 Å². The summed E-state index contributed by atoms with van der Waals surface area (Å²) in [4.78, 5) is 15.0. The molecule has 0 unspecified atom stereocenters. The Morgan fingerprint density at radius 3 is 3.13 bits per heavy atom. The van der Waals surface area contributed by atoms with E-state index in [4.69, 9.17) is 4.74 Å². The Hall–Kier alpha value is -1.43. The maximum Gasteiger partial charge on any atom is 0.288 e. The minimum absolute atomic E-state index is 0.233. The van der Waals surface area contributed by atoms with Crippen molar-refractivity contribution in [2.45, 2.75) is 19.8 Å². The molecule has 0 saturated heterocycles. The van der Waals surface area contributed by atoms with E-state index < -0.39 is 0 Å². The van der Waals surface area contributed by atoms with Crippen LogP contribution in [-0.4, -0.2) is 40.8 Å². The van der Waals surface area contributed by atoms with Gasteiger partial charge in [0.1, 0.15) is 6.33 Å². The summed E-state index contributed by atoms with van der Waals surface area (Å²) >= 11 is 0. The van der Waals surface area contributed by atoms with Crippen LogP contribution in [0.2, 0.25) is 0 Å². The second-order valence-electron chi connectivity index (χ2n) is 3.06. The highest BCUT2D eigenvalue weighted by molar-refractivity contribution is 5.90. The van der Waals surface area contributed by atoms with E-state index in [0.29, 0.717) is 13.2 Å². The van der Waals surface area contributed by atoms with E-state index in [0.717, 1.165) is 19.4 Å². The molecule has 0 spiro atoms. The van der Waals surface area contributed by atoms with Crippen LogP contribution in [0.25, 0.3) is 0 Å². The summed E-state index contributed by atoms with van der Waals surface area (Å²) in [5.41, 5.74) is 0. The van der Waals surface area contributed by atoms with Crippen LogP contribution in [0.15, 0.2) is 6.33 Å². The minimum atomic E-state index is -0.233. The second-order valence-corrected chi connectivity index (χ2v) is 3.06. The summed E-state index contributed by atoms with van der Waals surface area (Å²) in [6, 6.07) is 0. The zero-order valence-corrected chi connectivity index (χ0v) is 8.82. The first-order chi connectivity index (χ1) is 7.34. The van der Waals surface area contributed by atoms with Crippen LogP contribution >= 0.6 is 0 Å². The van der Waals surface area contributed by atoms with Gasteiger partial charge in [-0.3, -0.25) is 9.89 Å². The topological polar surface area (TPSA) is 79.9 Å². The van der Waals surface area contributed by atoms with Crippen LogP contribution in [0.1, 0.15) is 30.4 Å². The quantitative estimate of drug-likeness (QED) is 0.639. The average Bonchev–Trinajstić information content (AvgIpc) is 2.76. The van der Waals surface area contributed by atoms with Gasteiger partial charge < -0.3 is 10.1 Å². The SMILES string of the molecule is CCCOCCCNC(=O)c1ncn[nH]1. The lowest BCUT2D eigenvalue weighted by Crippen LogP contribution is -2.26. The highest BCUT2D eigenvalue weighted by Crippen LogP contribution is 1.87. The monoisotopic (exact) mass is 212 g/mol. The molecule has 0 aliphatic heterocycles. The van der Waals surface area contributed by atoms with Crippen LogP contribution in [0.3, 0.4) is 0 Å². The Balaban J connectivity index is 2.03. The fourth-order valence-electron chi connectivity index (χ4n) is 1.02.